The summed E-state index contributed by atoms with van der Waals surface area (Å²) in [5.41, 5.74) is 2.97. The molecule has 0 aliphatic heterocycles. The fourth-order valence-electron chi connectivity index (χ4n) is 2.01. The fourth-order valence-corrected chi connectivity index (χ4v) is 2.01. The number of carbonyl (C=O) groups excluding carboxylic acids is 1. The van der Waals surface area contributed by atoms with E-state index < -0.39 is 0 Å². The van der Waals surface area contributed by atoms with Crippen LogP contribution < -0.4 is 10.6 Å². The molecule has 21 heavy (non-hydrogen) atoms. The Labute approximate surface area is 124 Å². The van der Waals surface area contributed by atoms with Gasteiger partial charge in [0.2, 0.25) is 0 Å². The van der Waals surface area contributed by atoms with Gasteiger partial charge in [-0.2, -0.15) is 0 Å². The molecule has 0 saturated carbocycles. The zero-order valence-corrected chi connectivity index (χ0v) is 12.4. The molecule has 0 fully saturated rings. The Morgan fingerprint density at radius 3 is 2.62 bits per heavy atom. The second-order valence-corrected chi connectivity index (χ2v) is 4.80. The summed E-state index contributed by atoms with van der Waals surface area (Å²) in [5.74, 6) is 0.555. The summed E-state index contributed by atoms with van der Waals surface area (Å²) < 4.78 is 0. The van der Waals surface area contributed by atoms with Gasteiger partial charge in [0.25, 0.3) is 0 Å². The molecule has 5 nitrogen and oxygen atoms in total. The van der Waals surface area contributed by atoms with Crippen molar-refractivity contribution in [3.63, 3.8) is 0 Å². The Morgan fingerprint density at radius 2 is 1.95 bits per heavy atom. The van der Waals surface area contributed by atoms with Gasteiger partial charge in [0.15, 0.2) is 0 Å². The van der Waals surface area contributed by atoms with Crippen molar-refractivity contribution in [2.45, 2.75) is 26.7 Å². The Morgan fingerprint density at radius 1 is 1.19 bits per heavy atom. The minimum Gasteiger partial charge on any atom is -0.338 e. The highest BCUT2D eigenvalue weighted by atomic mass is 16.2. The van der Waals surface area contributed by atoms with Crippen LogP contribution in [0.3, 0.4) is 0 Å². The van der Waals surface area contributed by atoms with Crippen molar-refractivity contribution in [2.75, 3.05) is 11.9 Å². The van der Waals surface area contributed by atoms with E-state index in [4.69, 9.17) is 0 Å². The Kier molecular flexibility index (Phi) is 5.26. The maximum Gasteiger partial charge on any atom is 0.320 e. The van der Waals surface area contributed by atoms with Crippen LogP contribution in [0.4, 0.5) is 10.6 Å². The lowest BCUT2D eigenvalue weighted by molar-refractivity contribution is 0.252. The first-order chi connectivity index (χ1) is 10.2. The number of aromatic nitrogens is 2. The van der Waals surface area contributed by atoms with E-state index in [1.165, 1.54) is 0 Å². The second kappa shape index (κ2) is 7.38. The molecule has 2 heterocycles. The lowest BCUT2D eigenvalue weighted by Gasteiger charge is -2.09. The summed E-state index contributed by atoms with van der Waals surface area (Å²) in [6, 6.07) is 7.43. The number of hydrogen-bond acceptors (Lipinski definition) is 3. The van der Waals surface area contributed by atoms with E-state index in [9.17, 15) is 4.79 Å². The molecule has 5 heteroatoms. The van der Waals surface area contributed by atoms with Crippen molar-refractivity contribution in [3.05, 3.63) is 42.4 Å². The van der Waals surface area contributed by atoms with Gasteiger partial charge in [-0.05, 0) is 43.2 Å². The molecule has 2 amide bonds. The molecule has 0 aromatic carbocycles. The molecule has 110 valence electrons. The number of unbranched alkanes of at least 4 members (excludes halogenated alkanes) is 1. The minimum absolute atomic E-state index is 0.216. The summed E-state index contributed by atoms with van der Waals surface area (Å²) in [5, 5.41) is 5.55. The van der Waals surface area contributed by atoms with Gasteiger partial charge in [-0.25, -0.2) is 9.78 Å². The molecule has 2 aromatic heterocycles. The van der Waals surface area contributed by atoms with Gasteiger partial charge in [-0.1, -0.05) is 13.3 Å². The summed E-state index contributed by atoms with van der Waals surface area (Å²) in [4.78, 5) is 20.1. The maximum absolute atomic E-state index is 11.7. The molecule has 2 rings (SSSR count). The van der Waals surface area contributed by atoms with Gasteiger partial charge < -0.3 is 5.32 Å². The van der Waals surface area contributed by atoms with Gasteiger partial charge in [0, 0.05) is 30.2 Å². The third kappa shape index (κ3) is 4.27. The quantitative estimate of drug-likeness (QED) is 0.827. The van der Waals surface area contributed by atoms with Crippen LogP contribution in [-0.4, -0.2) is 22.5 Å². The van der Waals surface area contributed by atoms with Gasteiger partial charge in [-0.15, -0.1) is 0 Å². The summed E-state index contributed by atoms with van der Waals surface area (Å²) in [7, 11) is 0. The zero-order valence-electron chi connectivity index (χ0n) is 12.4. The van der Waals surface area contributed by atoms with Gasteiger partial charge in [-0.3, -0.25) is 10.3 Å². The second-order valence-electron chi connectivity index (χ2n) is 4.80. The largest absolute Gasteiger partial charge is 0.338 e. The highest BCUT2D eigenvalue weighted by molar-refractivity contribution is 5.88. The first-order valence-electron chi connectivity index (χ1n) is 7.13. The topological polar surface area (TPSA) is 66.9 Å². The molecule has 0 radical (unpaired) electrons. The third-order valence-corrected chi connectivity index (χ3v) is 3.13. The van der Waals surface area contributed by atoms with E-state index in [1.54, 1.807) is 12.4 Å². The highest BCUT2D eigenvalue weighted by Gasteiger charge is 2.06. The number of carbonyl (C=O) groups is 1. The smallest absolute Gasteiger partial charge is 0.320 e. The zero-order chi connectivity index (χ0) is 15.1. The lowest BCUT2D eigenvalue weighted by Crippen LogP contribution is -2.29. The normalized spacial score (nSPS) is 10.2. The molecule has 0 bridgehead atoms. The van der Waals surface area contributed by atoms with Crippen molar-refractivity contribution < 1.29 is 4.79 Å². The number of hydrogen-bond donors (Lipinski definition) is 2. The Bertz CT molecular complexity index is 598. The van der Waals surface area contributed by atoms with Gasteiger partial charge in [0.1, 0.15) is 5.82 Å². The molecule has 0 spiro atoms. The van der Waals surface area contributed by atoms with Crippen LogP contribution in [0, 0.1) is 6.92 Å². The number of amides is 2. The first-order valence-corrected chi connectivity index (χ1v) is 7.13. The standard InChI is InChI=1S/C16H20N4O/c1-3-4-9-18-16(21)20-15-6-5-14(12(2)19-15)13-7-10-17-11-8-13/h5-8,10-11H,3-4,9H2,1-2H3,(H2,18,19,20,21). The maximum atomic E-state index is 11.7. The number of nitrogens with zero attached hydrogens (tertiary/aromatic N) is 2. The summed E-state index contributed by atoms with van der Waals surface area (Å²) in [6.45, 7) is 4.69. The minimum atomic E-state index is -0.216. The van der Waals surface area contributed by atoms with Crippen LogP contribution in [0.1, 0.15) is 25.5 Å². The van der Waals surface area contributed by atoms with Crippen molar-refractivity contribution >= 4 is 11.8 Å². The molecule has 2 aromatic rings. The fraction of sp³-hybridized carbons (Fsp3) is 0.312. The van der Waals surface area contributed by atoms with Crippen molar-refractivity contribution in [3.8, 4) is 11.1 Å². The van der Waals surface area contributed by atoms with Gasteiger partial charge >= 0.3 is 6.03 Å². The van der Waals surface area contributed by atoms with Crippen molar-refractivity contribution in [2.24, 2.45) is 0 Å². The van der Waals surface area contributed by atoms with E-state index in [2.05, 4.69) is 27.5 Å². The predicted octanol–water partition coefficient (Wildman–Crippen LogP) is 3.37. The van der Waals surface area contributed by atoms with Gasteiger partial charge in [0.05, 0.1) is 0 Å². The summed E-state index contributed by atoms with van der Waals surface area (Å²) in [6.07, 6.45) is 5.53. The molecule has 0 aliphatic carbocycles. The van der Waals surface area contributed by atoms with Crippen LogP contribution in [0.15, 0.2) is 36.7 Å². The van der Waals surface area contributed by atoms with E-state index in [1.807, 2.05) is 31.2 Å². The predicted molar refractivity (Wildman–Crippen MR) is 84.1 cm³/mol. The molecular formula is C16H20N4O. The molecule has 0 unspecified atom stereocenters. The molecule has 2 N–H and O–H groups in total. The number of nitrogens with one attached hydrogen (secondary N) is 2. The van der Waals surface area contributed by atoms with E-state index >= 15 is 0 Å². The lowest BCUT2D eigenvalue weighted by atomic mass is 10.1. The molecule has 0 aliphatic rings. The van der Waals surface area contributed by atoms with Crippen molar-refractivity contribution in [1.82, 2.24) is 15.3 Å². The van der Waals surface area contributed by atoms with Crippen LogP contribution in [0.25, 0.3) is 11.1 Å². The number of pyridine rings is 2. The van der Waals surface area contributed by atoms with Crippen molar-refractivity contribution in [1.29, 1.82) is 0 Å². The van der Waals surface area contributed by atoms with Crippen LogP contribution in [-0.2, 0) is 0 Å². The average Bonchev–Trinajstić information content (AvgIpc) is 2.48. The van der Waals surface area contributed by atoms with E-state index in [0.29, 0.717) is 12.4 Å². The first kappa shape index (κ1) is 15.0. The summed E-state index contributed by atoms with van der Waals surface area (Å²) >= 11 is 0. The van der Waals surface area contributed by atoms with Crippen LogP contribution in [0.2, 0.25) is 0 Å². The van der Waals surface area contributed by atoms with Crippen LogP contribution in [0.5, 0.6) is 0 Å². The Hall–Kier alpha value is -2.43. The number of rotatable bonds is 5. The van der Waals surface area contributed by atoms with E-state index in [-0.39, 0.29) is 6.03 Å². The molecule has 0 saturated heterocycles. The molecule has 0 atom stereocenters. The third-order valence-electron chi connectivity index (χ3n) is 3.13. The van der Waals surface area contributed by atoms with E-state index in [0.717, 1.165) is 29.7 Å². The van der Waals surface area contributed by atoms with Crippen LogP contribution >= 0.6 is 0 Å². The monoisotopic (exact) mass is 284 g/mol. The highest BCUT2D eigenvalue weighted by Crippen LogP contribution is 2.22. The average molecular weight is 284 g/mol. The Balaban J connectivity index is 2.04. The SMILES string of the molecule is CCCCNC(=O)Nc1ccc(-c2ccncc2)c(C)n1. The number of urea groups is 1. The number of anilines is 1. The number of aryl methyl sites for hydroxylation is 1. The molecular weight excluding hydrogens is 264 g/mol.